The van der Waals surface area contributed by atoms with Crippen LogP contribution in [0.5, 0.6) is 0 Å². The summed E-state index contributed by atoms with van der Waals surface area (Å²) in [5, 5.41) is 9.50. The highest BCUT2D eigenvalue weighted by Gasteiger charge is 2.46. The molecule has 2 aliphatic carbocycles. The summed E-state index contributed by atoms with van der Waals surface area (Å²) in [6.07, 6.45) is 5.22. The first-order chi connectivity index (χ1) is 12.0. The molecule has 0 radical (unpaired) electrons. The van der Waals surface area contributed by atoms with E-state index in [9.17, 15) is 9.59 Å². The fourth-order valence-electron chi connectivity index (χ4n) is 3.87. The van der Waals surface area contributed by atoms with Crippen LogP contribution in [0, 0.1) is 24.7 Å². The molecule has 4 atom stereocenters. The van der Waals surface area contributed by atoms with Crippen molar-refractivity contribution in [3.8, 4) is 11.3 Å². The van der Waals surface area contributed by atoms with E-state index in [1.165, 1.54) is 6.07 Å². The van der Waals surface area contributed by atoms with Crippen LogP contribution in [0.15, 0.2) is 47.3 Å². The van der Waals surface area contributed by atoms with Gasteiger partial charge in [-0.2, -0.15) is 5.10 Å². The van der Waals surface area contributed by atoms with E-state index < -0.39 is 0 Å². The molecule has 136 valence electrons. The van der Waals surface area contributed by atoms with Crippen molar-refractivity contribution >= 4 is 24.0 Å². The molecule has 1 aromatic carbocycles. The molecule has 2 aliphatic rings. The maximum atomic E-state index is 12.8. The Labute approximate surface area is 157 Å². The highest BCUT2D eigenvalue weighted by atomic mass is 35.5. The van der Waals surface area contributed by atoms with Crippen LogP contribution in [0.2, 0.25) is 0 Å². The predicted octanol–water partition coefficient (Wildman–Crippen LogP) is 2.26. The van der Waals surface area contributed by atoms with Gasteiger partial charge in [0.25, 0.3) is 5.56 Å². The van der Waals surface area contributed by atoms with Gasteiger partial charge >= 0.3 is 0 Å². The molecule has 1 aromatic heterocycles. The molecule has 0 spiro atoms. The number of allylic oxidation sites excluding steroid dienone is 1. The lowest BCUT2D eigenvalue weighted by Gasteiger charge is -2.24. The number of hydrogen-bond donors (Lipinski definition) is 3. The number of anilines is 1. The average Bonchev–Trinajstić information content (AvgIpc) is 3.18. The summed E-state index contributed by atoms with van der Waals surface area (Å²) in [5.74, 6) is 0.353. The third-order valence-electron chi connectivity index (χ3n) is 5.29. The van der Waals surface area contributed by atoms with E-state index in [1.807, 2.05) is 25.1 Å². The van der Waals surface area contributed by atoms with Gasteiger partial charge in [0.15, 0.2) is 0 Å². The monoisotopic (exact) mass is 372 g/mol. The molecule has 2 bridgehead atoms. The number of nitrogens with zero attached hydrogens (tertiary/aromatic N) is 1. The molecule has 2 aromatic rings. The normalized spacial score (nSPS) is 25.8. The van der Waals surface area contributed by atoms with Gasteiger partial charge in [0, 0.05) is 23.4 Å². The third kappa shape index (κ3) is 3.18. The number of benzene rings is 1. The second-order valence-electron chi connectivity index (χ2n) is 6.88. The molecular weight excluding hydrogens is 352 g/mol. The van der Waals surface area contributed by atoms with Crippen molar-refractivity contribution < 1.29 is 4.79 Å². The zero-order chi connectivity index (χ0) is 17.6. The van der Waals surface area contributed by atoms with Crippen molar-refractivity contribution in [1.29, 1.82) is 0 Å². The molecule has 1 fully saturated rings. The van der Waals surface area contributed by atoms with Crippen LogP contribution in [0.1, 0.15) is 12.0 Å². The first-order valence-corrected chi connectivity index (χ1v) is 8.44. The van der Waals surface area contributed by atoms with E-state index in [-0.39, 0.29) is 41.8 Å². The van der Waals surface area contributed by atoms with Gasteiger partial charge < -0.3 is 11.1 Å². The standard InChI is InChI=1S/C19H20N4O2.ClH/c1-10-2-3-11(14-6-7-16(24)23-22-14)9-15(10)21-19(25)17-12-4-5-13(8-12)18(17)20;/h2-7,9,12-13,17-18H,8,20H2,1H3,(H,21,25)(H,23,24);1H/t12-,13+,17-,18+;/m1./s1. The molecule has 4 N–H and O–H groups in total. The topological polar surface area (TPSA) is 101 Å². The Bertz CT molecular complexity index is 904. The quantitative estimate of drug-likeness (QED) is 0.719. The molecule has 0 unspecified atom stereocenters. The van der Waals surface area contributed by atoms with Crippen molar-refractivity contribution in [2.24, 2.45) is 23.5 Å². The van der Waals surface area contributed by atoms with Crippen molar-refractivity contribution in [2.45, 2.75) is 19.4 Å². The summed E-state index contributed by atoms with van der Waals surface area (Å²) in [5.41, 5.74) is 9.18. The van der Waals surface area contributed by atoms with E-state index >= 15 is 0 Å². The largest absolute Gasteiger partial charge is 0.326 e. The predicted molar refractivity (Wildman–Crippen MR) is 103 cm³/mol. The first kappa shape index (κ1) is 18.4. The summed E-state index contributed by atoms with van der Waals surface area (Å²) < 4.78 is 0. The van der Waals surface area contributed by atoms with Gasteiger partial charge in [-0.15, -0.1) is 12.4 Å². The minimum atomic E-state index is -0.247. The Hall–Kier alpha value is -2.44. The lowest BCUT2D eigenvalue weighted by molar-refractivity contribution is -0.120. The maximum absolute atomic E-state index is 12.8. The first-order valence-electron chi connectivity index (χ1n) is 8.44. The molecule has 6 nitrogen and oxygen atoms in total. The maximum Gasteiger partial charge on any atom is 0.264 e. The number of nitrogens with one attached hydrogen (secondary N) is 2. The molecule has 4 rings (SSSR count). The number of carbonyl (C=O) groups excluding carboxylic acids is 1. The SMILES string of the molecule is Cc1ccc(-c2ccc(=O)[nH]n2)cc1NC(=O)[C@H]1[C@@H](N)[C@H]2C=C[C@@H]1C2.Cl. The van der Waals surface area contributed by atoms with Gasteiger partial charge in [-0.1, -0.05) is 24.3 Å². The lowest BCUT2D eigenvalue weighted by Crippen LogP contribution is -2.41. The molecular formula is C19H21ClN4O2. The zero-order valence-corrected chi connectivity index (χ0v) is 15.1. The zero-order valence-electron chi connectivity index (χ0n) is 14.3. The Morgan fingerprint density at radius 3 is 2.65 bits per heavy atom. The van der Waals surface area contributed by atoms with Gasteiger partial charge in [-0.3, -0.25) is 9.59 Å². The van der Waals surface area contributed by atoms with Crippen LogP contribution in [0.3, 0.4) is 0 Å². The number of nitrogens with two attached hydrogens (primary N) is 1. The van der Waals surface area contributed by atoms with Crippen LogP contribution >= 0.6 is 12.4 Å². The number of halogens is 1. The minimum absolute atomic E-state index is 0. The molecule has 26 heavy (non-hydrogen) atoms. The number of aromatic nitrogens is 2. The lowest BCUT2D eigenvalue weighted by atomic mass is 9.88. The van der Waals surface area contributed by atoms with E-state index in [2.05, 4.69) is 27.7 Å². The van der Waals surface area contributed by atoms with Crippen molar-refractivity contribution in [3.05, 3.63) is 58.4 Å². The third-order valence-corrected chi connectivity index (χ3v) is 5.29. The van der Waals surface area contributed by atoms with Crippen LogP contribution in [0.25, 0.3) is 11.3 Å². The van der Waals surface area contributed by atoms with E-state index in [0.29, 0.717) is 11.6 Å². The van der Waals surface area contributed by atoms with Crippen LogP contribution in [-0.4, -0.2) is 22.1 Å². The summed E-state index contributed by atoms with van der Waals surface area (Å²) >= 11 is 0. The minimum Gasteiger partial charge on any atom is -0.326 e. The Kier molecular flexibility index (Phi) is 4.98. The van der Waals surface area contributed by atoms with Crippen LogP contribution in [-0.2, 0) is 4.79 Å². The second kappa shape index (κ2) is 7.05. The molecule has 7 heteroatoms. The molecule has 1 heterocycles. The number of aryl methyl sites for hydroxylation is 1. The number of H-pyrrole nitrogens is 1. The smallest absolute Gasteiger partial charge is 0.264 e. The summed E-state index contributed by atoms with van der Waals surface area (Å²) in [6.45, 7) is 1.94. The fourth-order valence-corrected chi connectivity index (χ4v) is 3.87. The summed E-state index contributed by atoms with van der Waals surface area (Å²) in [7, 11) is 0. The Morgan fingerprint density at radius 1 is 1.23 bits per heavy atom. The van der Waals surface area contributed by atoms with Crippen molar-refractivity contribution in [1.82, 2.24) is 10.2 Å². The Balaban J connectivity index is 0.00000196. The fraction of sp³-hybridized carbons (Fsp3) is 0.316. The van der Waals surface area contributed by atoms with E-state index in [4.69, 9.17) is 5.73 Å². The summed E-state index contributed by atoms with van der Waals surface area (Å²) in [4.78, 5) is 23.9. The van der Waals surface area contributed by atoms with Crippen LogP contribution in [0.4, 0.5) is 5.69 Å². The van der Waals surface area contributed by atoms with Crippen molar-refractivity contribution in [2.75, 3.05) is 5.32 Å². The number of rotatable bonds is 3. The number of aromatic amines is 1. The van der Waals surface area contributed by atoms with Crippen molar-refractivity contribution in [3.63, 3.8) is 0 Å². The van der Waals surface area contributed by atoms with Gasteiger partial charge in [-0.05, 0) is 42.9 Å². The Morgan fingerprint density at radius 2 is 2.00 bits per heavy atom. The molecule has 1 saturated carbocycles. The van der Waals surface area contributed by atoms with Gasteiger partial charge in [-0.25, -0.2) is 5.10 Å². The van der Waals surface area contributed by atoms with E-state index in [0.717, 1.165) is 23.2 Å². The highest BCUT2D eigenvalue weighted by molar-refractivity contribution is 5.95. The number of fused-ring (bicyclic) bond motifs is 2. The molecule has 0 saturated heterocycles. The van der Waals surface area contributed by atoms with Gasteiger partial charge in [0.1, 0.15) is 0 Å². The second-order valence-corrected chi connectivity index (χ2v) is 6.88. The average molecular weight is 373 g/mol. The van der Waals surface area contributed by atoms with E-state index in [1.54, 1.807) is 6.07 Å². The summed E-state index contributed by atoms with van der Waals surface area (Å²) in [6, 6.07) is 8.70. The van der Waals surface area contributed by atoms with Gasteiger partial charge in [0.2, 0.25) is 5.91 Å². The number of hydrogen-bond acceptors (Lipinski definition) is 4. The molecule has 0 aliphatic heterocycles. The highest BCUT2D eigenvalue weighted by Crippen LogP contribution is 2.43. The number of amides is 1. The van der Waals surface area contributed by atoms with Gasteiger partial charge in [0.05, 0.1) is 11.6 Å². The number of carbonyl (C=O) groups is 1. The molecule has 1 amide bonds. The van der Waals surface area contributed by atoms with Crippen LogP contribution < -0.4 is 16.6 Å².